The Bertz CT molecular complexity index is 397. The molecule has 3 N–H and O–H groups in total. The van der Waals surface area contributed by atoms with Crippen molar-refractivity contribution in [3.05, 3.63) is 21.4 Å². The van der Waals surface area contributed by atoms with Gasteiger partial charge in [-0.2, -0.15) is 11.8 Å². The van der Waals surface area contributed by atoms with Crippen LogP contribution in [0.4, 0.5) is 0 Å². The molecule has 0 aromatic carbocycles. The summed E-state index contributed by atoms with van der Waals surface area (Å²) in [6.45, 7) is 0. The second kappa shape index (κ2) is 4.39. The van der Waals surface area contributed by atoms with E-state index in [2.05, 4.69) is 16.5 Å². The maximum atomic E-state index is 5.56. The van der Waals surface area contributed by atoms with Crippen molar-refractivity contribution >= 4 is 28.9 Å². The molecule has 0 amide bonds. The maximum absolute atomic E-state index is 5.56. The SMILES string of the molecule is NNC(=NC1CC1)c1cc2c(s1)CCSC2. The number of hydrazine groups is 1. The second-order valence-corrected chi connectivity index (χ2v) is 6.46. The summed E-state index contributed by atoms with van der Waals surface area (Å²) in [5.74, 6) is 8.83. The highest BCUT2D eigenvalue weighted by Gasteiger charge is 2.22. The van der Waals surface area contributed by atoms with Crippen molar-refractivity contribution in [2.24, 2.45) is 10.8 Å². The lowest BCUT2D eigenvalue weighted by Crippen LogP contribution is -2.30. The van der Waals surface area contributed by atoms with Crippen molar-refractivity contribution in [3.63, 3.8) is 0 Å². The number of hydrogen-bond acceptors (Lipinski definition) is 4. The van der Waals surface area contributed by atoms with E-state index in [9.17, 15) is 0 Å². The lowest BCUT2D eigenvalue weighted by Gasteiger charge is -2.08. The molecule has 0 bridgehead atoms. The molecule has 16 heavy (non-hydrogen) atoms. The Balaban J connectivity index is 1.89. The average molecular weight is 253 g/mol. The number of fused-ring (bicyclic) bond motifs is 1. The van der Waals surface area contributed by atoms with E-state index in [4.69, 9.17) is 5.84 Å². The van der Waals surface area contributed by atoms with Gasteiger partial charge in [0.05, 0.1) is 10.9 Å². The van der Waals surface area contributed by atoms with Gasteiger partial charge in [0.25, 0.3) is 0 Å². The highest BCUT2D eigenvalue weighted by molar-refractivity contribution is 7.98. The third-order valence-electron chi connectivity index (χ3n) is 2.86. The molecular weight excluding hydrogens is 238 g/mol. The van der Waals surface area contributed by atoms with E-state index in [0.29, 0.717) is 6.04 Å². The van der Waals surface area contributed by atoms with Crippen LogP contribution in [0.5, 0.6) is 0 Å². The number of thioether (sulfide) groups is 1. The first-order valence-corrected chi connectivity index (χ1v) is 7.58. The number of thiophene rings is 1. The summed E-state index contributed by atoms with van der Waals surface area (Å²) in [4.78, 5) is 7.34. The van der Waals surface area contributed by atoms with E-state index >= 15 is 0 Å². The number of nitrogens with two attached hydrogens (primary N) is 1. The molecule has 1 aliphatic heterocycles. The van der Waals surface area contributed by atoms with Crippen LogP contribution in [-0.4, -0.2) is 17.6 Å². The van der Waals surface area contributed by atoms with Gasteiger partial charge in [-0.15, -0.1) is 11.3 Å². The van der Waals surface area contributed by atoms with Crippen molar-refractivity contribution in [2.75, 3.05) is 5.75 Å². The van der Waals surface area contributed by atoms with E-state index in [1.165, 1.54) is 40.3 Å². The van der Waals surface area contributed by atoms with Crippen LogP contribution < -0.4 is 11.3 Å². The Morgan fingerprint density at radius 1 is 1.50 bits per heavy atom. The summed E-state index contributed by atoms with van der Waals surface area (Å²) in [6.07, 6.45) is 3.63. The van der Waals surface area contributed by atoms with Crippen LogP contribution >= 0.6 is 23.1 Å². The molecular formula is C11H15N3S2. The van der Waals surface area contributed by atoms with E-state index in [-0.39, 0.29) is 0 Å². The monoisotopic (exact) mass is 253 g/mol. The number of nitrogens with one attached hydrogen (secondary N) is 1. The van der Waals surface area contributed by atoms with Crippen molar-refractivity contribution in [1.82, 2.24) is 5.43 Å². The van der Waals surface area contributed by atoms with Crippen LogP contribution in [0.25, 0.3) is 0 Å². The van der Waals surface area contributed by atoms with Crippen LogP contribution in [0.1, 0.15) is 28.2 Å². The van der Waals surface area contributed by atoms with Gasteiger partial charge >= 0.3 is 0 Å². The fourth-order valence-corrected chi connectivity index (χ4v) is 4.15. The smallest absolute Gasteiger partial charge is 0.153 e. The molecule has 0 spiro atoms. The van der Waals surface area contributed by atoms with E-state index in [1.807, 2.05) is 23.1 Å². The molecule has 3 nitrogen and oxygen atoms in total. The van der Waals surface area contributed by atoms with E-state index in [1.54, 1.807) is 0 Å². The van der Waals surface area contributed by atoms with Gasteiger partial charge in [-0.25, -0.2) is 5.84 Å². The molecule has 1 aromatic rings. The van der Waals surface area contributed by atoms with Crippen LogP contribution in [0.2, 0.25) is 0 Å². The van der Waals surface area contributed by atoms with Gasteiger partial charge in [-0.1, -0.05) is 0 Å². The van der Waals surface area contributed by atoms with Gasteiger partial charge < -0.3 is 5.43 Å². The number of amidine groups is 1. The Kier molecular flexibility index (Phi) is 2.91. The zero-order valence-corrected chi connectivity index (χ0v) is 10.7. The molecule has 5 heteroatoms. The first-order chi connectivity index (χ1) is 7.86. The lowest BCUT2D eigenvalue weighted by atomic mass is 10.2. The molecule has 3 rings (SSSR count). The third-order valence-corrected chi connectivity index (χ3v) is 5.11. The fourth-order valence-electron chi connectivity index (χ4n) is 1.82. The molecule has 0 radical (unpaired) electrons. The molecule has 0 saturated heterocycles. The van der Waals surface area contributed by atoms with Crippen LogP contribution in [0.3, 0.4) is 0 Å². The van der Waals surface area contributed by atoms with Crippen molar-refractivity contribution in [2.45, 2.75) is 31.1 Å². The van der Waals surface area contributed by atoms with Crippen molar-refractivity contribution in [1.29, 1.82) is 0 Å². The minimum Gasteiger partial charge on any atom is -0.308 e. The summed E-state index contributed by atoms with van der Waals surface area (Å²) in [7, 11) is 0. The highest BCUT2D eigenvalue weighted by atomic mass is 32.2. The largest absolute Gasteiger partial charge is 0.308 e. The van der Waals surface area contributed by atoms with Crippen LogP contribution in [0, 0.1) is 0 Å². The number of nitrogens with zero attached hydrogens (tertiary/aromatic N) is 1. The molecule has 0 unspecified atom stereocenters. The zero-order valence-electron chi connectivity index (χ0n) is 9.03. The summed E-state index contributed by atoms with van der Waals surface area (Å²) >= 11 is 3.86. The van der Waals surface area contributed by atoms with E-state index in [0.717, 1.165) is 11.6 Å². The summed E-state index contributed by atoms with van der Waals surface area (Å²) in [6, 6.07) is 2.77. The number of hydrogen-bond donors (Lipinski definition) is 2. The molecule has 1 aromatic heterocycles. The third kappa shape index (κ3) is 2.12. The molecule has 2 aliphatic rings. The van der Waals surface area contributed by atoms with Gasteiger partial charge in [0, 0.05) is 10.6 Å². The lowest BCUT2D eigenvalue weighted by molar-refractivity contribution is 0.974. The second-order valence-electron chi connectivity index (χ2n) is 4.21. The Labute approximate surface area is 103 Å². The fraction of sp³-hybridized carbons (Fsp3) is 0.545. The van der Waals surface area contributed by atoms with Crippen LogP contribution in [0.15, 0.2) is 11.1 Å². The molecule has 86 valence electrons. The van der Waals surface area contributed by atoms with E-state index < -0.39 is 0 Å². The average Bonchev–Trinajstić information content (AvgIpc) is 3.02. The van der Waals surface area contributed by atoms with Gasteiger partial charge in [0.15, 0.2) is 5.84 Å². The molecule has 1 saturated carbocycles. The molecule has 2 heterocycles. The molecule has 1 fully saturated rings. The summed E-state index contributed by atoms with van der Waals surface area (Å²) in [5.41, 5.74) is 4.23. The Hall–Kier alpha value is -0.520. The predicted molar refractivity (Wildman–Crippen MR) is 71.1 cm³/mol. The zero-order chi connectivity index (χ0) is 11.0. The number of rotatable bonds is 2. The van der Waals surface area contributed by atoms with Gasteiger partial charge in [0.2, 0.25) is 0 Å². The summed E-state index contributed by atoms with van der Waals surface area (Å²) < 4.78 is 0. The Morgan fingerprint density at radius 3 is 3.06 bits per heavy atom. The number of aryl methyl sites for hydroxylation is 1. The normalized spacial score (nSPS) is 20.7. The number of aliphatic imine (C=N–C) groups is 1. The standard InChI is InChI=1S/C11H15N3S2/c12-14-11(13-8-1-2-8)10-5-7-6-15-4-3-9(7)16-10/h5,8H,1-4,6,12H2,(H,13,14). The van der Waals surface area contributed by atoms with Crippen LogP contribution in [-0.2, 0) is 12.2 Å². The van der Waals surface area contributed by atoms with Crippen molar-refractivity contribution in [3.8, 4) is 0 Å². The van der Waals surface area contributed by atoms with Gasteiger partial charge in [-0.05, 0) is 36.6 Å². The molecule has 1 aliphatic carbocycles. The first kappa shape index (κ1) is 10.6. The highest BCUT2D eigenvalue weighted by Crippen LogP contribution is 2.32. The van der Waals surface area contributed by atoms with Gasteiger partial charge in [0.1, 0.15) is 0 Å². The first-order valence-electron chi connectivity index (χ1n) is 5.61. The summed E-state index contributed by atoms with van der Waals surface area (Å²) in [5, 5.41) is 0. The van der Waals surface area contributed by atoms with Gasteiger partial charge in [-0.3, -0.25) is 4.99 Å². The van der Waals surface area contributed by atoms with Crippen molar-refractivity contribution < 1.29 is 0 Å². The minimum absolute atomic E-state index is 0.513. The quantitative estimate of drug-likeness (QED) is 0.366. The predicted octanol–water partition coefficient (Wildman–Crippen LogP) is 1.91. The minimum atomic E-state index is 0.513. The molecule has 0 atom stereocenters. The Morgan fingerprint density at radius 2 is 2.38 bits per heavy atom. The topological polar surface area (TPSA) is 50.4 Å². The maximum Gasteiger partial charge on any atom is 0.153 e.